The van der Waals surface area contributed by atoms with Crippen LogP contribution in [0.25, 0.3) is 33.5 Å². The molecule has 0 unspecified atom stereocenters. The SMILES string of the molecule is CCOc1ccc(C=C(C#N)c2nc3ccc(C)cc3[nH]2)c2ccccc12. The Morgan fingerprint density at radius 2 is 1.96 bits per heavy atom. The van der Waals surface area contributed by atoms with Crippen molar-refractivity contribution < 1.29 is 4.74 Å². The summed E-state index contributed by atoms with van der Waals surface area (Å²) in [5, 5.41) is 11.8. The number of aromatic amines is 1. The molecule has 0 fully saturated rings. The van der Waals surface area contributed by atoms with Gasteiger partial charge in [-0.25, -0.2) is 4.98 Å². The summed E-state index contributed by atoms with van der Waals surface area (Å²) in [5.41, 5.74) is 4.40. The van der Waals surface area contributed by atoms with E-state index in [1.165, 1.54) is 0 Å². The lowest BCUT2D eigenvalue weighted by molar-refractivity contribution is 0.344. The molecule has 1 aromatic heterocycles. The number of rotatable bonds is 4. The monoisotopic (exact) mass is 353 g/mol. The Kier molecular flexibility index (Phi) is 4.35. The number of benzene rings is 3. The molecule has 0 aliphatic carbocycles. The molecular formula is C23H19N3O. The number of aryl methyl sites for hydroxylation is 1. The van der Waals surface area contributed by atoms with Crippen molar-refractivity contribution in [3.8, 4) is 11.8 Å². The molecule has 0 amide bonds. The van der Waals surface area contributed by atoms with Gasteiger partial charge in [-0.1, -0.05) is 36.4 Å². The average Bonchev–Trinajstić information content (AvgIpc) is 3.10. The smallest absolute Gasteiger partial charge is 0.149 e. The molecule has 0 aliphatic rings. The van der Waals surface area contributed by atoms with Crippen molar-refractivity contribution in [3.05, 3.63) is 71.5 Å². The second-order valence-electron chi connectivity index (χ2n) is 6.41. The molecule has 0 radical (unpaired) electrons. The molecule has 132 valence electrons. The molecular weight excluding hydrogens is 334 g/mol. The van der Waals surface area contributed by atoms with E-state index in [1.54, 1.807) is 0 Å². The van der Waals surface area contributed by atoms with Gasteiger partial charge in [0.15, 0.2) is 0 Å². The maximum Gasteiger partial charge on any atom is 0.149 e. The number of nitrogens with one attached hydrogen (secondary N) is 1. The first kappa shape index (κ1) is 16.9. The predicted octanol–water partition coefficient (Wildman–Crippen LogP) is 5.49. The van der Waals surface area contributed by atoms with Crippen LogP contribution in [0.3, 0.4) is 0 Å². The van der Waals surface area contributed by atoms with Crippen LogP contribution in [-0.4, -0.2) is 16.6 Å². The van der Waals surface area contributed by atoms with E-state index >= 15 is 0 Å². The Hall–Kier alpha value is -3.58. The van der Waals surface area contributed by atoms with Crippen LogP contribution < -0.4 is 4.74 Å². The summed E-state index contributed by atoms with van der Waals surface area (Å²) in [4.78, 5) is 7.84. The van der Waals surface area contributed by atoms with Crippen molar-refractivity contribution in [3.63, 3.8) is 0 Å². The largest absolute Gasteiger partial charge is 0.493 e. The van der Waals surface area contributed by atoms with Gasteiger partial charge in [-0.2, -0.15) is 5.26 Å². The topological polar surface area (TPSA) is 61.7 Å². The first-order valence-corrected chi connectivity index (χ1v) is 8.92. The molecule has 1 heterocycles. The van der Waals surface area contributed by atoms with E-state index in [2.05, 4.69) is 16.0 Å². The van der Waals surface area contributed by atoms with Gasteiger partial charge in [0.1, 0.15) is 17.6 Å². The molecule has 4 aromatic rings. The maximum absolute atomic E-state index is 9.73. The Morgan fingerprint density at radius 3 is 2.74 bits per heavy atom. The van der Waals surface area contributed by atoms with E-state index in [4.69, 9.17) is 4.74 Å². The van der Waals surface area contributed by atoms with Gasteiger partial charge in [-0.15, -0.1) is 0 Å². The minimum Gasteiger partial charge on any atom is -0.493 e. The average molecular weight is 353 g/mol. The van der Waals surface area contributed by atoms with Crippen molar-refractivity contribution >= 4 is 33.5 Å². The number of H-pyrrole nitrogens is 1. The second-order valence-corrected chi connectivity index (χ2v) is 6.41. The number of nitriles is 1. The second kappa shape index (κ2) is 6.97. The highest BCUT2D eigenvalue weighted by Crippen LogP contribution is 2.31. The molecule has 4 rings (SSSR count). The molecule has 0 aliphatic heterocycles. The van der Waals surface area contributed by atoms with Gasteiger partial charge in [0.05, 0.1) is 23.2 Å². The first-order valence-electron chi connectivity index (χ1n) is 8.92. The molecule has 27 heavy (non-hydrogen) atoms. The van der Waals surface area contributed by atoms with E-state index in [9.17, 15) is 5.26 Å². The molecule has 0 saturated carbocycles. The number of nitrogens with zero attached hydrogens (tertiary/aromatic N) is 2. The molecule has 4 heteroatoms. The zero-order valence-electron chi connectivity index (χ0n) is 15.3. The van der Waals surface area contributed by atoms with Crippen LogP contribution in [0, 0.1) is 18.3 Å². The van der Waals surface area contributed by atoms with Crippen LogP contribution in [0.15, 0.2) is 54.6 Å². The summed E-state index contributed by atoms with van der Waals surface area (Å²) >= 11 is 0. The number of ether oxygens (including phenoxy) is 1. The third-order valence-electron chi connectivity index (χ3n) is 4.53. The van der Waals surface area contributed by atoms with Crippen molar-refractivity contribution in [1.82, 2.24) is 9.97 Å². The van der Waals surface area contributed by atoms with E-state index in [1.807, 2.05) is 74.5 Å². The van der Waals surface area contributed by atoms with Gasteiger partial charge >= 0.3 is 0 Å². The summed E-state index contributed by atoms with van der Waals surface area (Å²) in [7, 11) is 0. The molecule has 0 saturated heterocycles. The Balaban J connectivity index is 1.85. The van der Waals surface area contributed by atoms with Crippen LogP contribution in [0.1, 0.15) is 23.9 Å². The lowest BCUT2D eigenvalue weighted by atomic mass is 10.0. The minimum absolute atomic E-state index is 0.498. The molecule has 1 N–H and O–H groups in total. The number of imidazole rings is 1. The van der Waals surface area contributed by atoms with Gasteiger partial charge in [0.2, 0.25) is 0 Å². The van der Waals surface area contributed by atoms with E-state index in [0.717, 1.165) is 38.7 Å². The number of aromatic nitrogens is 2. The lowest BCUT2D eigenvalue weighted by Gasteiger charge is -2.09. The van der Waals surface area contributed by atoms with E-state index in [-0.39, 0.29) is 0 Å². The van der Waals surface area contributed by atoms with Crippen LogP contribution in [-0.2, 0) is 0 Å². The fourth-order valence-electron chi connectivity index (χ4n) is 3.26. The number of fused-ring (bicyclic) bond motifs is 2. The van der Waals surface area contributed by atoms with Crippen LogP contribution in [0.2, 0.25) is 0 Å². The van der Waals surface area contributed by atoms with Gasteiger partial charge in [-0.3, -0.25) is 0 Å². The third kappa shape index (κ3) is 3.16. The maximum atomic E-state index is 9.73. The van der Waals surface area contributed by atoms with Gasteiger partial charge < -0.3 is 9.72 Å². The summed E-state index contributed by atoms with van der Waals surface area (Å²) in [6, 6.07) is 20.3. The van der Waals surface area contributed by atoms with Gasteiger partial charge in [0, 0.05) is 5.39 Å². The van der Waals surface area contributed by atoms with Crippen LogP contribution in [0.4, 0.5) is 0 Å². The first-order chi connectivity index (χ1) is 13.2. The lowest BCUT2D eigenvalue weighted by Crippen LogP contribution is -1.93. The molecule has 3 aromatic carbocycles. The standard InChI is InChI=1S/C23H19N3O/c1-3-27-22-11-9-16(18-6-4-5-7-19(18)22)13-17(14-24)23-25-20-10-8-15(2)12-21(20)26-23/h4-13H,3H2,1-2H3,(H,25,26). The zero-order valence-corrected chi connectivity index (χ0v) is 15.3. The van der Waals surface area contributed by atoms with Gasteiger partial charge in [0.25, 0.3) is 0 Å². The van der Waals surface area contributed by atoms with Crippen molar-refractivity contribution in [2.75, 3.05) is 6.61 Å². The molecule has 0 spiro atoms. The normalized spacial score (nSPS) is 11.7. The summed E-state index contributed by atoms with van der Waals surface area (Å²) in [6.07, 6.45) is 1.88. The summed E-state index contributed by atoms with van der Waals surface area (Å²) < 4.78 is 5.74. The zero-order chi connectivity index (χ0) is 18.8. The fraction of sp³-hybridized carbons (Fsp3) is 0.130. The number of hydrogen-bond donors (Lipinski definition) is 1. The van der Waals surface area contributed by atoms with Crippen LogP contribution >= 0.6 is 0 Å². The summed E-state index contributed by atoms with van der Waals surface area (Å²) in [6.45, 7) is 4.62. The summed E-state index contributed by atoms with van der Waals surface area (Å²) in [5.74, 6) is 1.43. The highest BCUT2D eigenvalue weighted by molar-refractivity contribution is 6.00. The van der Waals surface area contributed by atoms with Crippen molar-refractivity contribution in [2.45, 2.75) is 13.8 Å². The third-order valence-corrected chi connectivity index (χ3v) is 4.53. The van der Waals surface area contributed by atoms with E-state index < -0.39 is 0 Å². The Labute approximate surface area is 157 Å². The number of allylic oxidation sites excluding steroid dienone is 1. The van der Waals surface area contributed by atoms with Crippen molar-refractivity contribution in [2.24, 2.45) is 0 Å². The Morgan fingerprint density at radius 1 is 1.15 bits per heavy atom. The highest BCUT2D eigenvalue weighted by Gasteiger charge is 2.10. The van der Waals surface area contributed by atoms with Gasteiger partial charge in [-0.05, 0) is 54.6 Å². The molecule has 4 nitrogen and oxygen atoms in total. The quantitative estimate of drug-likeness (QED) is 0.494. The van der Waals surface area contributed by atoms with Crippen molar-refractivity contribution in [1.29, 1.82) is 5.26 Å². The predicted molar refractivity (Wildman–Crippen MR) is 109 cm³/mol. The number of hydrogen-bond acceptors (Lipinski definition) is 3. The Bertz CT molecular complexity index is 1210. The van der Waals surface area contributed by atoms with Crippen LogP contribution in [0.5, 0.6) is 5.75 Å². The van der Waals surface area contributed by atoms with E-state index in [0.29, 0.717) is 18.0 Å². The minimum atomic E-state index is 0.498. The molecule has 0 bridgehead atoms. The molecule has 0 atom stereocenters. The fourth-order valence-corrected chi connectivity index (χ4v) is 3.26. The highest BCUT2D eigenvalue weighted by atomic mass is 16.5.